The number of guanidine groups is 1. The van der Waals surface area contributed by atoms with Crippen molar-refractivity contribution in [1.29, 1.82) is 0 Å². The second-order valence-electron chi connectivity index (χ2n) is 5.02. The molecule has 0 atom stereocenters. The Kier molecular flexibility index (Phi) is 8.21. The molecule has 0 fully saturated rings. The third-order valence-corrected chi connectivity index (χ3v) is 3.16. The minimum atomic E-state index is 0.677. The van der Waals surface area contributed by atoms with Crippen molar-refractivity contribution in [3.8, 4) is 0 Å². The van der Waals surface area contributed by atoms with Gasteiger partial charge < -0.3 is 15.5 Å². The molecule has 0 amide bonds. The Balaban J connectivity index is 2.67. The van der Waals surface area contributed by atoms with Crippen LogP contribution >= 0.6 is 0 Å². The average Bonchev–Trinajstić information content (AvgIpc) is 2.50. The normalized spacial score (nSPS) is 11.5. The molecule has 0 aromatic heterocycles. The third-order valence-electron chi connectivity index (χ3n) is 3.16. The van der Waals surface area contributed by atoms with Gasteiger partial charge in [-0.15, -0.1) is 6.58 Å². The van der Waals surface area contributed by atoms with Gasteiger partial charge in [-0.05, 0) is 31.6 Å². The molecule has 1 aromatic rings. The zero-order valence-corrected chi connectivity index (χ0v) is 13.5. The molecule has 1 aromatic carbocycles. The number of hydrogen-bond acceptors (Lipinski definition) is 2. The molecule has 0 heterocycles. The monoisotopic (exact) mass is 288 g/mol. The Bertz CT molecular complexity index is 454. The van der Waals surface area contributed by atoms with E-state index in [2.05, 4.69) is 72.3 Å². The van der Waals surface area contributed by atoms with Crippen LogP contribution in [0.2, 0.25) is 0 Å². The molecule has 2 N–H and O–H groups in total. The lowest BCUT2D eigenvalue weighted by Crippen LogP contribution is -2.37. The van der Waals surface area contributed by atoms with Crippen LogP contribution < -0.4 is 10.6 Å². The molecule has 0 aliphatic heterocycles. The molecule has 4 nitrogen and oxygen atoms in total. The predicted octanol–water partition coefficient (Wildman–Crippen LogP) is 2.38. The van der Waals surface area contributed by atoms with Crippen molar-refractivity contribution in [3.63, 3.8) is 0 Å². The number of hydrogen-bond donors (Lipinski definition) is 2. The molecule has 0 unspecified atom stereocenters. The number of rotatable bonds is 8. The van der Waals surface area contributed by atoms with E-state index in [0.717, 1.165) is 25.6 Å². The van der Waals surface area contributed by atoms with Gasteiger partial charge in [-0.1, -0.05) is 37.3 Å². The molecule has 0 saturated heterocycles. The second kappa shape index (κ2) is 10.00. The summed E-state index contributed by atoms with van der Waals surface area (Å²) in [6, 6.07) is 8.62. The molecule has 4 heteroatoms. The summed E-state index contributed by atoms with van der Waals surface area (Å²) in [5.74, 6) is 0.827. The van der Waals surface area contributed by atoms with Crippen LogP contribution in [0.4, 0.5) is 0 Å². The molecule has 0 spiro atoms. The highest BCUT2D eigenvalue weighted by molar-refractivity contribution is 5.79. The summed E-state index contributed by atoms with van der Waals surface area (Å²) < 4.78 is 0. The van der Waals surface area contributed by atoms with Gasteiger partial charge in [0.1, 0.15) is 0 Å². The van der Waals surface area contributed by atoms with E-state index in [1.807, 2.05) is 6.08 Å². The zero-order chi connectivity index (χ0) is 15.5. The smallest absolute Gasteiger partial charge is 0.191 e. The van der Waals surface area contributed by atoms with Crippen molar-refractivity contribution in [2.75, 3.05) is 26.7 Å². The van der Waals surface area contributed by atoms with E-state index in [1.54, 1.807) is 0 Å². The first-order chi connectivity index (χ1) is 10.2. The van der Waals surface area contributed by atoms with Crippen molar-refractivity contribution in [1.82, 2.24) is 15.5 Å². The maximum atomic E-state index is 4.59. The van der Waals surface area contributed by atoms with E-state index in [-0.39, 0.29) is 0 Å². The Morgan fingerprint density at radius 2 is 2.05 bits per heavy atom. The zero-order valence-electron chi connectivity index (χ0n) is 13.5. The fraction of sp³-hybridized carbons (Fsp3) is 0.471. The van der Waals surface area contributed by atoms with Crippen LogP contribution in [0.1, 0.15) is 25.0 Å². The summed E-state index contributed by atoms with van der Waals surface area (Å²) in [7, 11) is 2.13. The van der Waals surface area contributed by atoms with Gasteiger partial charge in [0.05, 0.1) is 6.54 Å². The summed E-state index contributed by atoms with van der Waals surface area (Å²) in [6.45, 7) is 12.2. The first-order valence-corrected chi connectivity index (χ1v) is 7.59. The van der Waals surface area contributed by atoms with Gasteiger partial charge in [0, 0.05) is 19.6 Å². The van der Waals surface area contributed by atoms with Crippen molar-refractivity contribution < 1.29 is 0 Å². The maximum absolute atomic E-state index is 4.59. The van der Waals surface area contributed by atoms with Gasteiger partial charge in [-0.2, -0.15) is 0 Å². The largest absolute Gasteiger partial charge is 0.357 e. The van der Waals surface area contributed by atoms with Crippen molar-refractivity contribution in [3.05, 3.63) is 48.0 Å². The number of nitrogens with zero attached hydrogens (tertiary/aromatic N) is 2. The van der Waals surface area contributed by atoms with Gasteiger partial charge >= 0.3 is 0 Å². The van der Waals surface area contributed by atoms with Crippen molar-refractivity contribution >= 4 is 5.96 Å². The molecule has 0 bridgehead atoms. The standard InChI is InChI=1S/C17H28N4/c1-5-11-19-17(18-6-2)20-13-15-9-8-10-16(12-15)14-21(4)7-3/h5,8-10,12H,1,6-7,11,13-14H2,2-4H3,(H2,18,19,20). The Labute approximate surface area is 129 Å². The summed E-state index contributed by atoms with van der Waals surface area (Å²) in [5.41, 5.74) is 2.56. The van der Waals surface area contributed by atoms with Crippen LogP contribution in [0.25, 0.3) is 0 Å². The molecule has 21 heavy (non-hydrogen) atoms. The van der Waals surface area contributed by atoms with E-state index in [1.165, 1.54) is 11.1 Å². The molecule has 0 aliphatic rings. The first kappa shape index (κ1) is 17.2. The van der Waals surface area contributed by atoms with Crippen LogP contribution in [0.5, 0.6) is 0 Å². The van der Waals surface area contributed by atoms with Crippen molar-refractivity contribution in [2.24, 2.45) is 4.99 Å². The molecule has 116 valence electrons. The van der Waals surface area contributed by atoms with E-state index >= 15 is 0 Å². The maximum Gasteiger partial charge on any atom is 0.191 e. The highest BCUT2D eigenvalue weighted by atomic mass is 15.2. The van der Waals surface area contributed by atoms with E-state index in [0.29, 0.717) is 13.1 Å². The Morgan fingerprint density at radius 3 is 2.71 bits per heavy atom. The Morgan fingerprint density at radius 1 is 1.29 bits per heavy atom. The van der Waals surface area contributed by atoms with Crippen LogP contribution in [0.3, 0.4) is 0 Å². The fourth-order valence-electron chi connectivity index (χ4n) is 1.93. The summed E-state index contributed by atoms with van der Waals surface area (Å²) in [6.07, 6.45) is 1.83. The summed E-state index contributed by atoms with van der Waals surface area (Å²) >= 11 is 0. The van der Waals surface area contributed by atoms with Crippen LogP contribution in [-0.4, -0.2) is 37.5 Å². The SMILES string of the molecule is C=CCNC(=NCc1cccc(CN(C)CC)c1)NCC. The van der Waals surface area contributed by atoms with Gasteiger partial charge in [0.15, 0.2) is 5.96 Å². The predicted molar refractivity (Wildman–Crippen MR) is 91.5 cm³/mol. The van der Waals surface area contributed by atoms with Crippen molar-refractivity contribution in [2.45, 2.75) is 26.9 Å². The fourth-order valence-corrected chi connectivity index (χ4v) is 1.93. The molecule has 0 saturated carbocycles. The van der Waals surface area contributed by atoms with Gasteiger partial charge in [0.2, 0.25) is 0 Å². The first-order valence-electron chi connectivity index (χ1n) is 7.59. The number of aliphatic imine (C=N–C) groups is 1. The third kappa shape index (κ3) is 6.95. The molecular weight excluding hydrogens is 260 g/mol. The van der Waals surface area contributed by atoms with Gasteiger partial charge in [0.25, 0.3) is 0 Å². The van der Waals surface area contributed by atoms with E-state index in [4.69, 9.17) is 0 Å². The molecular formula is C17H28N4. The Hall–Kier alpha value is -1.81. The topological polar surface area (TPSA) is 39.7 Å². The molecule has 1 rings (SSSR count). The quantitative estimate of drug-likeness (QED) is 0.438. The van der Waals surface area contributed by atoms with Gasteiger partial charge in [-0.25, -0.2) is 4.99 Å². The van der Waals surface area contributed by atoms with Crippen LogP contribution in [-0.2, 0) is 13.1 Å². The average molecular weight is 288 g/mol. The molecule has 0 radical (unpaired) electrons. The lowest BCUT2D eigenvalue weighted by molar-refractivity contribution is 0.345. The lowest BCUT2D eigenvalue weighted by Gasteiger charge is -2.14. The van der Waals surface area contributed by atoms with E-state index in [9.17, 15) is 0 Å². The lowest BCUT2D eigenvalue weighted by atomic mass is 10.1. The summed E-state index contributed by atoms with van der Waals surface area (Å²) in [5, 5.41) is 6.44. The summed E-state index contributed by atoms with van der Waals surface area (Å²) in [4.78, 5) is 6.88. The minimum Gasteiger partial charge on any atom is -0.357 e. The second-order valence-corrected chi connectivity index (χ2v) is 5.02. The minimum absolute atomic E-state index is 0.677. The number of benzene rings is 1. The van der Waals surface area contributed by atoms with Crippen LogP contribution in [0.15, 0.2) is 41.9 Å². The highest BCUT2D eigenvalue weighted by Gasteiger charge is 2.00. The highest BCUT2D eigenvalue weighted by Crippen LogP contribution is 2.08. The van der Waals surface area contributed by atoms with Crippen LogP contribution in [0, 0.1) is 0 Å². The number of nitrogens with one attached hydrogen (secondary N) is 2. The van der Waals surface area contributed by atoms with E-state index < -0.39 is 0 Å². The molecule has 0 aliphatic carbocycles. The van der Waals surface area contributed by atoms with Gasteiger partial charge in [-0.3, -0.25) is 0 Å².